The molecule has 1 aliphatic heterocycles. The van der Waals surface area contributed by atoms with E-state index in [1.165, 1.54) is 6.33 Å². The first-order valence-corrected chi connectivity index (χ1v) is 10.7. The summed E-state index contributed by atoms with van der Waals surface area (Å²) in [5.74, 6) is 1.20. The average molecular weight is 437 g/mol. The predicted molar refractivity (Wildman–Crippen MR) is 125 cm³/mol. The highest BCUT2D eigenvalue weighted by atomic mass is 16.3. The summed E-state index contributed by atoms with van der Waals surface area (Å²) < 4.78 is 0. The SMILES string of the molecule is CNC(=O)c1ccc(Nc2nc(N3CCC(C(C)(C)O)CC3)cc3nc[nH]c(=O)c23)cc1. The van der Waals surface area contributed by atoms with Crippen LogP contribution in [0, 0.1) is 5.92 Å². The van der Waals surface area contributed by atoms with Crippen molar-refractivity contribution in [1.82, 2.24) is 20.3 Å². The molecule has 0 spiro atoms. The Morgan fingerprint density at radius 1 is 1.22 bits per heavy atom. The van der Waals surface area contributed by atoms with Crippen molar-refractivity contribution >= 4 is 34.1 Å². The molecule has 4 rings (SSSR count). The number of nitrogens with zero attached hydrogens (tertiary/aromatic N) is 3. The Morgan fingerprint density at radius 3 is 2.53 bits per heavy atom. The van der Waals surface area contributed by atoms with Crippen LogP contribution in [0.2, 0.25) is 0 Å². The number of aromatic nitrogens is 3. The Labute approximate surface area is 185 Å². The lowest BCUT2D eigenvalue weighted by atomic mass is 9.83. The second-order valence-electron chi connectivity index (χ2n) is 8.65. The third-order valence-corrected chi connectivity index (χ3v) is 6.07. The van der Waals surface area contributed by atoms with Crippen molar-refractivity contribution in [2.75, 3.05) is 30.4 Å². The number of rotatable bonds is 5. The van der Waals surface area contributed by atoms with Crippen molar-refractivity contribution < 1.29 is 9.90 Å². The number of aromatic amines is 1. The summed E-state index contributed by atoms with van der Waals surface area (Å²) in [5, 5.41) is 16.5. The van der Waals surface area contributed by atoms with E-state index in [-0.39, 0.29) is 17.4 Å². The molecule has 3 heterocycles. The van der Waals surface area contributed by atoms with Gasteiger partial charge in [-0.2, -0.15) is 0 Å². The zero-order valence-corrected chi connectivity index (χ0v) is 18.5. The Morgan fingerprint density at radius 2 is 1.91 bits per heavy atom. The number of pyridine rings is 1. The molecule has 1 saturated heterocycles. The van der Waals surface area contributed by atoms with Gasteiger partial charge in [0.05, 0.1) is 17.4 Å². The van der Waals surface area contributed by atoms with Crippen LogP contribution in [0.3, 0.4) is 0 Å². The molecular weight excluding hydrogens is 408 g/mol. The van der Waals surface area contributed by atoms with Crippen molar-refractivity contribution in [3.05, 3.63) is 52.6 Å². The molecule has 9 heteroatoms. The molecule has 1 amide bonds. The van der Waals surface area contributed by atoms with E-state index in [0.717, 1.165) is 31.7 Å². The van der Waals surface area contributed by atoms with Crippen LogP contribution < -0.4 is 21.1 Å². The number of hydrogen-bond donors (Lipinski definition) is 4. The van der Waals surface area contributed by atoms with Gasteiger partial charge in [-0.05, 0) is 56.9 Å². The molecule has 9 nitrogen and oxygen atoms in total. The summed E-state index contributed by atoms with van der Waals surface area (Å²) in [5.41, 5.74) is 0.809. The minimum absolute atomic E-state index is 0.169. The number of amides is 1. The molecule has 0 bridgehead atoms. The van der Waals surface area contributed by atoms with Crippen molar-refractivity contribution in [2.24, 2.45) is 5.92 Å². The molecule has 1 fully saturated rings. The summed E-state index contributed by atoms with van der Waals surface area (Å²) in [6.07, 6.45) is 3.10. The van der Waals surface area contributed by atoms with Gasteiger partial charge >= 0.3 is 0 Å². The van der Waals surface area contributed by atoms with Gasteiger partial charge in [-0.25, -0.2) is 9.97 Å². The molecular formula is C23H28N6O3. The topological polar surface area (TPSA) is 123 Å². The van der Waals surface area contributed by atoms with E-state index >= 15 is 0 Å². The highest BCUT2D eigenvalue weighted by Gasteiger charge is 2.31. The third kappa shape index (κ3) is 4.43. The standard InChI is InChI=1S/C23H28N6O3/c1-23(2,32)15-8-10-29(11-9-15)18-12-17-19(22(31)26-13-25-17)20(28-18)27-16-6-4-14(5-7-16)21(30)24-3/h4-7,12-13,15,32H,8-11H2,1-3H3,(H,24,30)(H,27,28)(H,25,26,31). The lowest BCUT2D eigenvalue weighted by Crippen LogP contribution is -2.42. The van der Waals surface area contributed by atoms with Gasteiger partial charge in [-0.1, -0.05) is 0 Å². The van der Waals surface area contributed by atoms with Crippen LogP contribution >= 0.6 is 0 Å². The second-order valence-corrected chi connectivity index (χ2v) is 8.65. The van der Waals surface area contributed by atoms with Crippen LogP contribution in [0.5, 0.6) is 0 Å². The quantitative estimate of drug-likeness (QED) is 0.484. The first kappa shape index (κ1) is 21.8. The number of hydrogen-bond acceptors (Lipinski definition) is 7. The largest absolute Gasteiger partial charge is 0.390 e. The number of carbonyl (C=O) groups is 1. The maximum absolute atomic E-state index is 12.5. The Balaban J connectivity index is 1.66. The van der Waals surface area contributed by atoms with Gasteiger partial charge in [0.25, 0.3) is 11.5 Å². The van der Waals surface area contributed by atoms with Crippen LogP contribution in [0.25, 0.3) is 10.9 Å². The second kappa shape index (κ2) is 8.58. The van der Waals surface area contributed by atoms with Gasteiger partial charge in [-0.3, -0.25) is 9.59 Å². The van der Waals surface area contributed by atoms with Crippen LogP contribution in [-0.2, 0) is 0 Å². The zero-order valence-electron chi connectivity index (χ0n) is 18.5. The fourth-order valence-corrected chi connectivity index (χ4v) is 4.13. The molecule has 4 N–H and O–H groups in total. The fraction of sp³-hybridized carbons (Fsp3) is 0.391. The number of aliphatic hydroxyl groups is 1. The van der Waals surface area contributed by atoms with Crippen LogP contribution in [0.1, 0.15) is 37.0 Å². The van der Waals surface area contributed by atoms with Gasteiger partial charge < -0.3 is 25.6 Å². The lowest BCUT2D eigenvalue weighted by Gasteiger charge is -2.38. The van der Waals surface area contributed by atoms with E-state index in [0.29, 0.717) is 28.0 Å². The summed E-state index contributed by atoms with van der Waals surface area (Å²) >= 11 is 0. The van der Waals surface area contributed by atoms with Gasteiger partial charge in [0.2, 0.25) is 0 Å². The Bertz CT molecular complexity index is 1180. The van der Waals surface area contributed by atoms with E-state index in [1.807, 2.05) is 19.9 Å². The number of benzene rings is 1. The zero-order chi connectivity index (χ0) is 22.9. The Hall–Kier alpha value is -3.46. The molecule has 32 heavy (non-hydrogen) atoms. The van der Waals surface area contributed by atoms with Gasteiger partial charge in [0.1, 0.15) is 17.0 Å². The highest BCUT2D eigenvalue weighted by molar-refractivity contribution is 5.95. The number of fused-ring (bicyclic) bond motifs is 1. The third-order valence-electron chi connectivity index (χ3n) is 6.07. The van der Waals surface area contributed by atoms with Crippen molar-refractivity contribution in [1.29, 1.82) is 0 Å². The highest BCUT2D eigenvalue weighted by Crippen LogP contribution is 2.32. The van der Waals surface area contributed by atoms with Crippen molar-refractivity contribution in [3.63, 3.8) is 0 Å². The monoisotopic (exact) mass is 436 g/mol. The molecule has 0 saturated carbocycles. The number of piperidine rings is 1. The lowest BCUT2D eigenvalue weighted by molar-refractivity contribution is 0.00646. The number of H-pyrrole nitrogens is 1. The molecule has 0 unspecified atom stereocenters. The molecule has 168 valence electrons. The Kier molecular flexibility index (Phi) is 5.84. The maximum Gasteiger partial charge on any atom is 0.262 e. The van der Waals surface area contributed by atoms with Crippen LogP contribution in [-0.4, -0.2) is 51.7 Å². The molecule has 1 aromatic carbocycles. The van der Waals surface area contributed by atoms with Gasteiger partial charge in [0, 0.05) is 37.5 Å². The number of nitrogens with one attached hydrogen (secondary N) is 3. The summed E-state index contributed by atoms with van der Waals surface area (Å²) in [6, 6.07) is 8.78. The molecule has 0 aliphatic carbocycles. The van der Waals surface area contributed by atoms with E-state index in [4.69, 9.17) is 4.98 Å². The summed E-state index contributed by atoms with van der Waals surface area (Å²) in [6.45, 7) is 5.23. The van der Waals surface area contributed by atoms with E-state index in [2.05, 4.69) is 25.5 Å². The summed E-state index contributed by atoms with van der Waals surface area (Å²) in [4.78, 5) is 38.2. The van der Waals surface area contributed by atoms with Crippen molar-refractivity contribution in [2.45, 2.75) is 32.3 Å². The predicted octanol–water partition coefficient (Wildman–Crippen LogP) is 2.41. The van der Waals surface area contributed by atoms with Crippen LogP contribution in [0.15, 0.2) is 41.5 Å². The average Bonchev–Trinajstić information content (AvgIpc) is 2.78. The molecule has 1 aliphatic rings. The van der Waals surface area contributed by atoms with Crippen molar-refractivity contribution in [3.8, 4) is 0 Å². The smallest absolute Gasteiger partial charge is 0.262 e. The molecule has 0 atom stereocenters. The normalized spacial score (nSPS) is 15.1. The van der Waals surface area contributed by atoms with Gasteiger partial charge in [-0.15, -0.1) is 0 Å². The molecule has 2 aromatic heterocycles. The molecule has 3 aromatic rings. The number of anilines is 3. The van der Waals surface area contributed by atoms with E-state index in [1.54, 1.807) is 31.3 Å². The summed E-state index contributed by atoms with van der Waals surface area (Å²) in [7, 11) is 1.58. The van der Waals surface area contributed by atoms with Crippen LogP contribution in [0.4, 0.5) is 17.3 Å². The van der Waals surface area contributed by atoms with E-state index < -0.39 is 5.60 Å². The molecule has 0 radical (unpaired) electrons. The first-order chi connectivity index (χ1) is 15.3. The first-order valence-electron chi connectivity index (χ1n) is 10.7. The minimum Gasteiger partial charge on any atom is -0.390 e. The van der Waals surface area contributed by atoms with E-state index in [9.17, 15) is 14.7 Å². The minimum atomic E-state index is -0.703. The fourth-order valence-electron chi connectivity index (χ4n) is 4.13. The van der Waals surface area contributed by atoms with Gasteiger partial charge in [0.15, 0.2) is 0 Å². The maximum atomic E-state index is 12.5. The number of carbonyl (C=O) groups excluding carboxylic acids is 1.